The number of aromatic hydroxyl groups is 1. The second-order valence-corrected chi connectivity index (χ2v) is 18.3. The second-order valence-electron chi connectivity index (χ2n) is 7.40. The first kappa shape index (κ1) is 14.5. The minimum absolute atomic E-state index is 0.567. The molecule has 0 aromatic heterocycles. The van der Waals surface area contributed by atoms with Gasteiger partial charge in [-0.1, -0.05) is 57.5 Å². The molecule has 1 aromatic rings. The zero-order chi connectivity index (χ0) is 13.3. The van der Waals surface area contributed by atoms with Crippen LogP contribution in [0.2, 0.25) is 39.3 Å². The Balaban J connectivity index is 3.00. The summed E-state index contributed by atoms with van der Waals surface area (Å²) >= 11 is 0. The Hall–Kier alpha value is -0.546. The molecule has 0 aliphatic rings. The Kier molecular flexibility index (Phi) is 4.25. The van der Waals surface area contributed by atoms with Gasteiger partial charge in [0.1, 0.15) is 5.75 Å². The van der Waals surface area contributed by atoms with Gasteiger partial charge in [-0.3, -0.25) is 0 Å². The van der Waals surface area contributed by atoms with Gasteiger partial charge in [0.05, 0.1) is 0 Å². The third-order valence-corrected chi connectivity index (χ3v) is 5.53. The first-order chi connectivity index (χ1) is 7.58. The van der Waals surface area contributed by atoms with Crippen LogP contribution < -0.4 is 0 Å². The molecular formula is C14H26OSi2. The summed E-state index contributed by atoms with van der Waals surface area (Å²) in [6, 6.07) is 8.41. The van der Waals surface area contributed by atoms with Crippen LogP contribution in [-0.4, -0.2) is 21.3 Å². The fraction of sp³-hybridized carbons (Fsp3) is 0.571. The van der Waals surface area contributed by atoms with E-state index in [0.29, 0.717) is 5.75 Å². The van der Waals surface area contributed by atoms with Crippen LogP contribution in [0.1, 0.15) is 11.1 Å². The van der Waals surface area contributed by atoms with Crippen LogP contribution in [0.25, 0.3) is 0 Å². The lowest BCUT2D eigenvalue weighted by Gasteiger charge is -2.21. The SMILES string of the molecule is C[Si](C)(C)Cc1cccc(C[Si](C)(C)C)c1O. The van der Waals surface area contributed by atoms with Crippen molar-refractivity contribution in [2.24, 2.45) is 0 Å². The number of phenols is 1. The van der Waals surface area contributed by atoms with Crippen LogP contribution in [0.4, 0.5) is 0 Å². The smallest absolute Gasteiger partial charge is 0.121 e. The van der Waals surface area contributed by atoms with Gasteiger partial charge in [-0.05, 0) is 23.2 Å². The predicted molar refractivity (Wildman–Crippen MR) is 82.2 cm³/mol. The fourth-order valence-electron chi connectivity index (χ4n) is 2.07. The second kappa shape index (κ2) is 4.98. The van der Waals surface area contributed by atoms with Crippen molar-refractivity contribution in [3.05, 3.63) is 29.3 Å². The summed E-state index contributed by atoms with van der Waals surface area (Å²) in [4.78, 5) is 0. The van der Waals surface area contributed by atoms with Gasteiger partial charge in [0.25, 0.3) is 0 Å². The van der Waals surface area contributed by atoms with Gasteiger partial charge in [-0.25, -0.2) is 0 Å². The van der Waals surface area contributed by atoms with E-state index < -0.39 is 16.1 Å². The lowest BCUT2D eigenvalue weighted by atomic mass is 10.1. The highest BCUT2D eigenvalue weighted by Gasteiger charge is 2.20. The lowest BCUT2D eigenvalue weighted by Crippen LogP contribution is -2.25. The number of hydrogen-bond acceptors (Lipinski definition) is 1. The molecule has 0 saturated carbocycles. The number of rotatable bonds is 4. The molecule has 0 bridgehead atoms. The summed E-state index contributed by atoms with van der Waals surface area (Å²) in [7, 11) is -2.32. The Morgan fingerprint density at radius 3 is 1.47 bits per heavy atom. The molecule has 0 aliphatic carbocycles. The molecule has 0 saturated heterocycles. The summed E-state index contributed by atoms with van der Waals surface area (Å²) in [6.07, 6.45) is 0. The van der Waals surface area contributed by atoms with E-state index in [1.165, 1.54) is 0 Å². The van der Waals surface area contributed by atoms with E-state index in [2.05, 4.69) is 57.5 Å². The largest absolute Gasteiger partial charge is 0.507 e. The quantitative estimate of drug-likeness (QED) is 0.809. The number of benzene rings is 1. The Bertz CT molecular complexity index is 352. The molecule has 1 nitrogen and oxygen atoms in total. The standard InChI is InChI=1S/C14H26OSi2/c1-16(2,3)10-12-8-7-9-13(14(12)15)11-17(4,5)6/h7-9,15H,10-11H2,1-6H3. The van der Waals surface area contributed by atoms with E-state index in [9.17, 15) is 5.11 Å². The van der Waals surface area contributed by atoms with Crippen LogP contribution in [-0.2, 0) is 12.1 Å². The highest BCUT2D eigenvalue weighted by atomic mass is 28.3. The minimum Gasteiger partial charge on any atom is -0.507 e. The van der Waals surface area contributed by atoms with Gasteiger partial charge in [-0.15, -0.1) is 0 Å². The van der Waals surface area contributed by atoms with Gasteiger partial charge in [0.15, 0.2) is 0 Å². The van der Waals surface area contributed by atoms with E-state index in [-0.39, 0.29) is 0 Å². The monoisotopic (exact) mass is 266 g/mol. The maximum absolute atomic E-state index is 10.4. The molecule has 1 N–H and O–H groups in total. The highest BCUT2D eigenvalue weighted by molar-refractivity contribution is 6.76. The molecule has 0 heterocycles. The van der Waals surface area contributed by atoms with Crippen molar-refractivity contribution in [2.75, 3.05) is 0 Å². The van der Waals surface area contributed by atoms with Crippen molar-refractivity contribution in [1.82, 2.24) is 0 Å². The van der Waals surface area contributed by atoms with Gasteiger partial charge in [-0.2, -0.15) is 0 Å². The molecule has 0 fully saturated rings. The maximum Gasteiger partial charge on any atom is 0.121 e. The molecule has 0 unspecified atom stereocenters. The first-order valence-corrected chi connectivity index (χ1v) is 13.8. The number of phenolic OH excluding ortho intramolecular Hbond substituents is 1. The molecule has 0 spiro atoms. The maximum atomic E-state index is 10.4. The average molecular weight is 267 g/mol. The molecule has 96 valence electrons. The third kappa shape index (κ3) is 5.09. The molecule has 0 amide bonds. The molecular weight excluding hydrogens is 240 g/mol. The molecule has 1 aromatic carbocycles. The lowest BCUT2D eigenvalue weighted by molar-refractivity contribution is 0.465. The minimum atomic E-state index is -1.16. The molecule has 3 heteroatoms. The van der Waals surface area contributed by atoms with Crippen molar-refractivity contribution in [2.45, 2.75) is 51.4 Å². The van der Waals surface area contributed by atoms with E-state index in [0.717, 1.165) is 23.2 Å². The predicted octanol–water partition coefficient (Wildman–Crippen LogP) is 4.23. The topological polar surface area (TPSA) is 20.2 Å². The molecule has 0 radical (unpaired) electrons. The van der Waals surface area contributed by atoms with Crippen LogP contribution in [0.15, 0.2) is 18.2 Å². The Morgan fingerprint density at radius 2 is 1.18 bits per heavy atom. The number of para-hydroxylation sites is 1. The summed E-state index contributed by atoms with van der Waals surface area (Å²) in [5, 5.41) is 10.4. The summed E-state index contributed by atoms with van der Waals surface area (Å²) < 4.78 is 0. The Morgan fingerprint density at radius 1 is 0.824 bits per heavy atom. The van der Waals surface area contributed by atoms with Crippen LogP contribution in [0, 0.1) is 0 Å². The van der Waals surface area contributed by atoms with Crippen molar-refractivity contribution < 1.29 is 5.11 Å². The van der Waals surface area contributed by atoms with Crippen LogP contribution >= 0.6 is 0 Å². The zero-order valence-electron chi connectivity index (χ0n) is 12.1. The summed E-state index contributed by atoms with van der Waals surface area (Å²) in [6.45, 7) is 14.1. The first-order valence-electron chi connectivity index (χ1n) is 6.38. The summed E-state index contributed by atoms with van der Waals surface area (Å²) in [5.41, 5.74) is 2.31. The highest BCUT2D eigenvalue weighted by Crippen LogP contribution is 2.28. The molecule has 0 atom stereocenters. The van der Waals surface area contributed by atoms with Crippen LogP contribution in [0.5, 0.6) is 5.75 Å². The number of hydrogen-bond donors (Lipinski definition) is 1. The van der Waals surface area contributed by atoms with Gasteiger partial charge in [0.2, 0.25) is 0 Å². The molecule has 17 heavy (non-hydrogen) atoms. The van der Waals surface area contributed by atoms with Crippen molar-refractivity contribution in [1.29, 1.82) is 0 Å². The van der Waals surface area contributed by atoms with E-state index in [1.807, 2.05) is 0 Å². The van der Waals surface area contributed by atoms with Crippen LogP contribution in [0.3, 0.4) is 0 Å². The van der Waals surface area contributed by atoms with Crippen molar-refractivity contribution >= 4 is 16.1 Å². The van der Waals surface area contributed by atoms with E-state index in [1.54, 1.807) is 0 Å². The van der Waals surface area contributed by atoms with E-state index in [4.69, 9.17) is 0 Å². The molecule has 1 rings (SSSR count). The Labute approximate surface area is 108 Å². The third-order valence-electron chi connectivity index (χ3n) is 2.64. The van der Waals surface area contributed by atoms with Crippen molar-refractivity contribution in [3.8, 4) is 5.75 Å². The van der Waals surface area contributed by atoms with Crippen molar-refractivity contribution in [3.63, 3.8) is 0 Å². The van der Waals surface area contributed by atoms with Gasteiger partial charge < -0.3 is 5.11 Å². The summed E-state index contributed by atoms with van der Waals surface area (Å²) in [5.74, 6) is 0.567. The fourth-order valence-corrected chi connectivity index (χ4v) is 4.93. The average Bonchev–Trinajstić information content (AvgIpc) is 2.07. The van der Waals surface area contributed by atoms with Gasteiger partial charge in [0, 0.05) is 16.1 Å². The van der Waals surface area contributed by atoms with Gasteiger partial charge >= 0.3 is 0 Å². The normalized spacial score (nSPS) is 12.8. The molecule has 0 aliphatic heterocycles. The zero-order valence-corrected chi connectivity index (χ0v) is 14.1. The van der Waals surface area contributed by atoms with E-state index >= 15 is 0 Å².